The largest absolute Gasteiger partial charge is 0.396 e. The molecule has 0 aromatic rings. The first kappa shape index (κ1) is 21.0. The molecule has 0 aliphatic carbocycles. The van der Waals surface area contributed by atoms with Gasteiger partial charge in [-0.3, -0.25) is 14.4 Å². The van der Waals surface area contributed by atoms with Gasteiger partial charge >= 0.3 is 0 Å². The van der Waals surface area contributed by atoms with Gasteiger partial charge in [0.2, 0.25) is 17.7 Å². The number of aliphatic hydroxyl groups excluding tert-OH is 1. The molecule has 1 spiro atoms. The smallest absolute Gasteiger partial charge is 0.246 e. The number of hydrogen-bond acceptors (Lipinski definition) is 5. The van der Waals surface area contributed by atoms with Crippen molar-refractivity contribution in [3.63, 3.8) is 0 Å². The molecular formula is C20H33N3O5. The number of hydrogen-bond donors (Lipinski definition) is 3. The van der Waals surface area contributed by atoms with Crippen molar-refractivity contribution in [2.24, 2.45) is 11.8 Å². The molecule has 3 aliphatic heterocycles. The van der Waals surface area contributed by atoms with Crippen molar-refractivity contribution in [3.8, 4) is 0 Å². The Morgan fingerprint density at radius 2 is 1.96 bits per heavy atom. The number of nitrogens with one attached hydrogen (secondary N) is 2. The molecular weight excluding hydrogens is 362 g/mol. The van der Waals surface area contributed by atoms with Gasteiger partial charge in [0.1, 0.15) is 11.6 Å². The van der Waals surface area contributed by atoms with Crippen LogP contribution in [0.25, 0.3) is 0 Å². The van der Waals surface area contributed by atoms with E-state index in [1.54, 1.807) is 11.9 Å². The predicted octanol–water partition coefficient (Wildman–Crippen LogP) is 0.184. The molecule has 3 heterocycles. The molecule has 3 rings (SSSR count). The lowest BCUT2D eigenvalue weighted by molar-refractivity contribution is -0.142. The van der Waals surface area contributed by atoms with Crippen LogP contribution >= 0.6 is 0 Å². The van der Waals surface area contributed by atoms with Crippen molar-refractivity contribution in [1.82, 2.24) is 15.5 Å². The Labute approximate surface area is 166 Å². The summed E-state index contributed by atoms with van der Waals surface area (Å²) in [4.78, 5) is 40.8. The van der Waals surface area contributed by atoms with Gasteiger partial charge in [-0.1, -0.05) is 0 Å². The molecule has 0 radical (unpaired) electrons. The summed E-state index contributed by atoms with van der Waals surface area (Å²) in [6.07, 6.45) is 3.11. The lowest BCUT2D eigenvalue weighted by Gasteiger charge is -2.35. The van der Waals surface area contributed by atoms with E-state index in [0.717, 1.165) is 6.42 Å². The lowest BCUT2D eigenvalue weighted by atomic mass is 9.70. The summed E-state index contributed by atoms with van der Waals surface area (Å²) in [5.74, 6) is -1.72. The predicted molar refractivity (Wildman–Crippen MR) is 102 cm³/mol. The number of unbranched alkanes of at least 4 members (excludes halogenated alkanes) is 2. The van der Waals surface area contributed by atoms with E-state index >= 15 is 0 Å². The summed E-state index contributed by atoms with van der Waals surface area (Å²) in [5.41, 5.74) is -1.36. The van der Waals surface area contributed by atoms with E-state index in [2.05, 4.69) is 10.6 Å². The molecule has 0 aromatic heterocycles. The Kier molecular flexibility index (Phi) is 5.74. The van der Waals surface area contributed by atoms with Crippen LogP contribution in [0.2, 0.25) is 0 Å². The maximum Gasteiger partial charge on any atom is 0.246 e. The van der Waals surface area contributed by atoms with Crippen LogP contribution in [-0.4, -0.2) is 71.2 Å². The topological polar surface area (TPSA) is 108 Å². The van der Waals surface area contributed by atoms with Crippen LogP contribution in [-0.2, 0) is 19.1 Å². The van der Waals surface area contributed by atoms with Crippen LogP contribution in [0.1, 0.15) is 52.9 Å². The minimum absolute atomic E-state index is 0.109. The van der Waals surface area contributed by atoms with Gasteiger partial charge in [-0.2, -0.15) is 0 Å². The summed E-state index contributed by atoms with van der Waals surface area (Å²) >= 11 is 0. The fraction of sp³-hybridized carbons (Fsp3) is 0.850. The van der Waals surface area contributed by atoms with Crippen LogP contribution in [0.15, 0.2) is 0 Å². The highest BCUT2D eigenvalue weighted by Crippen LogP contribution is 2.58. The van der Waals surface area contributed by atoms with Gasteiger partial charge in [0.15, 0.2) is 0 Å². The molecule has 28 heavy (non-hydrogen) atoms. The Morgan fingerprint density at radius 1 is 1.25 bits per heavy atom. The molecule has 8 heteroatoms. The summed E-state index contributed by atoms with van der Waals surface area (Å²) in [7, 11) is 1.57. The zero-order chi connectivity index (χ0) is 20.7. The van der Waals surface area contributed by atoms with Crippen molar-refractivity contribution < 1.29 is 24.2 Å². The fourth-order valence-corrected chi connectivity index (χ4v) is 5.17. The third-order valence-electron chi connectivity index (χ3n) is 6.15. The SMILES string of the molecule is CNC(=O)[C@@H]1[C@H]2C(=O)N(CCCCCO)C(C(=O)NC(C)(C)C)C23CC[C@H]1O3. The van der Waals surface area contributed by atoms with Gasteiger partial charge in [0.25, 0.3) is 0 Å². The van der Waals surface area contributed by atoms with E-state index in [-0.39, 0.29) is 30.4 Å². The second-order valence-electron chi connectivity index (χ2n) is 9.23. The number of carbonyl (C=O) groups is 3. The van der Waals surface area contributed by atoms with E-state index < -0.39 is 29.0 Å². The first-order valence-electron chi connectivity index (χ1n) is 10.3. The molecule has 8 nitrogen and oxygen atoms in total. The van der Waals surface area contributed by atoms with Crippen molar-refractivity contribution in [1.29, 1.82) is 0 Å². The quantitative estimate of drug-likeness (QED) is 0.533. The van der Waals surface area contributed by atoms with E-state index in [1.165, 1.54) is 0 Å². The highest BCUT2D eigenvalue weighted by atomic mass is 16.5. The number of rotatable bonds is 7. The fourth-order valence-electron chi connectivity index (χ4n) is 5.17. The summed E-state index contributed by atoms with van der Waals surface area (Å²) in [5, 5.41) is 14.7. The average Bonchev–Trinajstić information content (AvgIpc) is 3.24. The molecule has 2 unspecified atom stereocenters. The number of fused-ring (bicyclic) bond motifs is 1. The van der Waals surface area contributed by atoms with E-state index in [9.17, 15) is 14.4 Å². The molecule has 3 fully saturated rings. The van der Waals surface area contributed by atoms with E-state index in [0.29, 0.717) is 32.2 Å². The Morgan fingerprint density at radius 3 is 2.57 bits per heavy atom. The van der Waals surface area contributed by atoms with Crippen LogP contribution in [0.5, 0.6) is 0 Å². The molecule has 0 saturated carbocycles. The van der Waals surface area contributed by atoms with Crippen molar-refractivity contribution in [2.45, 2.75) is 76.2 Å². The molecule has 5 atom stereocenters. The first-order valence-corrected chi connectivity index (χ1v) is 10.3. The van der Waals surface area contributed by atoms with Crippen molar-refractivity contribution in [2.75, 3.05) is 20.2 Å². The lowest BCUT2D eigenvalue weighted by Crippen LogP contribution is -2.58. The van der Waals surface area contributed by atoms with E-state index in [4.69, 9.17) is 9.84 Å². The molecule has 158 valence electrons. The third-order valence-corrected chi connectivity index (χ3v) is 6.15. The standard InChI is InChI=1S/C20H33N3O5/c1-19(2,3)22-17(26)15-20-9-8-12(28-20)13(16(25)21-4)14(20)18(27)23(15)10-6-5-7-11-24/h12-15,24H,5-11H2,1-4H3,(H,21,25)(H,22,26)/t12-,13+,14+,15?,20?/m1/s1. The highest BCUT2D eigenvalue weighted by Gasteiger charge is 2.74. The minimum atomic E-state index is -0.925. The Bertz CT molecular complexity index is 646. The molecule has 3 N–H and O–H groups in total. The molecule has 3 saturated heterocycles. The van der Waals surface area contributed by atoms with Gasteiger partial charge in [0.05, 0.1) is 17.9 Å². The Hall–Kier alpha value is -1.67. The monoisotopic (exact) mass is 395 g/mol. The number of ether oxygens (including phenoxy) is 1. The van der Waals surface area contributed by atoms with Gasteiger partial charge in [-0.15, -0.1) is 0 Å². The number of nitrogens with zero attached hydrogens (tertiary/aromatic N) is 1. The van der Waals surface area contributed by atoms with Gasteiger partial charge in [-0.25, -0.2) is 0 Å². The number of aliphatic hydroxyl groups is 1. The zero-order valence-corrected chi connectivity index (χ0v) is 17.3. The number of carbonyl (C=O) groups excluding carboxylic acids is 3. The normalized spacial score (nSPS) is 33.9. The minimum Gasteiger partial charge on any atom is -0.396 e. The second-order valence-corrected chi connectivity index (χ2v) is 9.23. The average molecular weight is 396 g/mol. The van der Waals surface area contributed by atoms with E-state index in [1.807, 2.05) is 20.8 Å². The maximum atomic E-state index is 13.4. The van der Waals surface area contributed by atoms with Gasteiger partial charge in [0, 0.05) is 25.7 Å². The molecule has 3 aliphatic rings. The molecule has 3 amide bonds. The van der Waals surface area contributed by atoms with Crippen LogP contribution < -0.4 is 10.6 Å². The summed E-state index contributed by atoms with van der Waals surface area (Å²) in [6.45, 7) is 6.25. The van der Waals surface area contributed by atoms with Crippen molar-refractivity contribution >= 4 is 17.7 Å². The highest BCUT2D eigenvalue weighted by molar-refractivity contribution is 5.99. The number of likely N-dealkylation sites (tertiary alicyclic amines) is 1. The van der Waals surface area contributed by atoms with Gasteiger partial charge < -0.3 is 25.4 Å². The first-order chi connectivity index (χ1) is 13.2. The van der Waals surface area contributed by atoms with Crippen molar-refractivity contribution in [3.05, 3.63) is 0 Å². The summed E-state index contributed by atoms with van der Waals surface area (Å²) < 4.78 is 6.27. The van der Waals surface area contributed by atoms with Gasteiger partial charge in [-0.05, 0) is 52.9 Å². The zero-order valence-electron chi connectivity index (χ0n) is 17.3. The molecule has 2 bridgehead atoms. The second kappa shape index (κ2) is 7.63. The van der Waals surface area contributed by atoms with Crippen LogP contribution in [0.4, 0.5) is 0 Å². The molecule has 0 aromatic carbocycles. The van der Waals surface area contributed by atoms with Crippen LogP contribution in [0, 0.1) is 11.8 Å². The maximum absolute atomic E-state index is 13.4. The Balaban J connectivity index is 1.92. The third kappa shape index (κ3) is 3.41. The number of amides is 3. The summed E-state index contributed by atoms with van der Waals surface area (Å²) in [6, 6.07) is -0.724. The van der Waals surface area contributed by atoms with Crippen LogP contribution in [0.3, 0.4) is 0 Å².